The maximum absolute atomic E-state index is 10.6. The number of hydrogen-bond acceptors (Lipinski definition) is 3. The number of ether oxygens (including phenoxy) is 1. The second kappa shape index (κ2) is 3.64. The van der Waals surface area contributed by atoms with Crippen molar-refractivity contribution in [3.05, 3.63) is 35.4 Å². The van der Waals surface area contributed by atoms with E-state index in [1.54, 1.807) is 12.1 Å². The Hall–Kier alpha value is -1.39. The van der Waals surface area contributed by atoms with Gasteiger partial charge in [-0.05, 0) is 17.7 Å². The monoisotopic (exact) mass is 208 g/mol. The predicted molar refractivity (Wildman–Crippen MR) is 52.7 cm³/mol. The van der Waals surface area contributed by atoms with Gasteiger partial charge >= 0.3 is 5.97 Å². The number of carboxylic acids is 1. The SMILES string of the molecule is O=C(O)c1ccc(C2(O)CCOC2)cc1. The van der Waals surface area contributed by atoms with Crippen LogP contribution in [0.1, 0.15) is 22.3 Å². The molecule has 0 bridgehead atoms. The highest BCUT2D eigenvalue weighted by Crippen LogP contribution is 2.30. The molecule has 0 spiro atoms. The van der Waals surface area contributed by atoms with Crippen LogP contribution in [0.15, 0.2) is 24.3 Å². The summed E-state index contributed by atoms with van der Waals surface area (Å²) in [4.78, 5) is 10.6. The number of carboxylic acid groups (broad SMARTS) is 1. The normalized spacial score (nSPS) is 25.4. The van der Waals surface area contributed by atoms with Crippen molar-refractivity contribution >= 4 is 5.97 Å². The third kappa shape index (κ3) is 1.86. The maximum atomic E-state index is 10.6. The third-order valence-corrected chi connectivity index (χ3v) is 2.67. The minimum atomic E-state index is -0.962. The van der Waals surface area contributed by atoms with E-state index in [0.717, 1.165) is 0 Å². The van der Waals surface area contributed by atoms with Crippen molar-refractivity contribution in [3.8, 4) is 0 Å². The minimum Gasteiger partial charge on any atom is -0.478 e. The molecular weight excluding hydrogens is 196 g/mol. The summed E-state index contributed by atoms with van der Waals surface area (Å²) >= 11 is 0. The van der Waals surface area contributed by atoms with Gasteiger partial charge in [0.15, 0.2) is 0 Å². The van der Waals surface area contributed by atoms with Crippen molar-refractivity contribution in [2.75, 3.05) is 13.2 Å². The zero-order valence-corrected chi connectivity index (χ0v) is 8.14. The Morgan fingerprint density at radius 1 is 1.33 bits per heavy atom. The molecule has 1 aliphatic heterocycles. The van der Waals surface area contributed by atoms with Crippen LogP contribution < -0.4 is 0 Å². The Morgan fingerprint density at radius 2 is 2.00 bits per heavy atom. The molecule has 1 fully saturated rings. The molecule has 4 nitrogen and oxygen atoms in total. The fourth-order valence-corrected chi connectivity index (χ4v) is 1.70. The molecule has 1 saturated heterocycles. The van der Waals surface area contributed by atoms with E-state index in [1.165, 1.54) is 12.1 Å². The predicted octanol–water partition coefficient (Wildman–Crippen LogP) is 0.993. The van der Waals surface area contributed by atoms with Crippen LogP contribution in [0.3, 0.4) is 0 Å². The molecule has 2 N–H and O–H groups in total. The van der Waals surface area contributed by atoms with Crippen LogP contribution in [0.4, 0.5) is 0 Å². The van der Waals surface area contributed by atoms with E-state index >= 15 is 0 Å². The van der Waals surface area contributed by atoms with Crippen LogP contribution in [0.2, 0.25) is 0 Å². The lowest BCUT2D eigenvalue weighted by atomic mass is 9.92. The molecule has 2 rings (SSSR count). The standard InChI is InChI=1S/C11H12O4/c12-10(13)8-1-3-9(4-2-8)11(14)5-6-15-7-11/h1-4,14H,5-7H2,(H,12,13). The fourth-order valence-electron chi connectivity index (χ4n) is 1.70. The number of aliphatic hydroxyl groups is 1. The van der Waals surface area contributed by atoms with E-state index in [-0.39, 0.29) is 12.2 Å². The molecule has 4 heteroatoms. The molecule has 1 heterocycles. The van der Waals surface area contributed by atoms with Crippen molar-refractivity contribution in [2.24, 2.45) is 0 Å². The molecule has 1 aromatic carbocycles. The Balaban J connectivity index is 2.26. The third-order valence-electron chi connectivity index (χ3n) is 2.67. The number of hydrogen-bond donors (Lipinski definition) is 2. The van der Waals surface area contributed by atoms with Gasteiger partial charge in [-0.2, -0.15) is 0 Å². The van der Waals surface area contributed by atoms with E-state index in [2.05, 4.69) is 0 Å². The van der Waals surface area contributed by atoms with Crippen molar-refractivity contribution in [2.45, 2.75) is 12.0 Å². The van der Waals surface area contributed by atoms with Gasteiger partial charge in [0.25, 0.3) is 0 Å². The molecule has 0 radical (unpaired) electrons. The van der Waals surface area contributed by atoms with Crippen molar-refractivity contribution in [3.63, 3.8) is 0 Å². The Kier molecular flexibility index (Phi) is 2.46. The average Bonchev–Trinajstić information content (AvgIpc) is 2.67. The highest BCUT2D eigenvalue weighted by atomic mass is 16.5. The summed E-state index contributed by atoms with van der Waals surface area (Å²) in [7, 11) is 0. The molecule has 0 aromatic heterocycles. The average molecular weight is 208 g/mol. The molecule has 0 amide bonds. The van der Waals surface area contributed by atoms with Gasteiger partial charge < -0.3 is 14.9 Å². The van der Waals surface area contributed by atoms with Gasteiger partial charge in [-0.1, -0.05) is 12.1 Å². The van der Waals surface area contributed by atoms with Gasteiger partial charge in [-0.3, -0.25) is 0 Å². The van der Waals surface area contributed by atoms with Gasteiger partial charge in [-0.15, -0.1) is 0 Å². The van der Waals surface area contributed by atoms with E-state index < -0.39 is 11.6 Å². The van der Waals surface area contributed by atoms with E-state index in [0.29, 0.717) is 18.6 Å². The van der Waals surface area contributed by atoms with Crippen LogP contribution in [0.5, 0.6) is 0 Å². The lowest BCUT2D eigenvalue weighted by Crippen LogP contribution is -2.25. The Morgan fingerprint density at radius 3 is 2.47 bits per heavy atom. The van der Waals surface area contributed by atoms with E-state index in [4.69, 9.17) is 9.84 Å². The zero-order valence-electron chi connectivity index (χ0n) is 8.14. The summed E-state index contributed by atoms with van der Waals surface area (Å²) in [5.41, 5.74) is -0.0110. The maximum Gasteiger partial charge on any atom is 0.335 e. The van der Waals surface area contributed by atoms with Crippen LogP contribution in [-0.2, 0) is 10.3 Å². The Labute approximate surface area is 87.1 Å². The summed E-state index contributed by atoms with van der Waals surface area (Å²) in [5.74, 6) is -0.962. The quantitative estimate of drug-likeness (QED) is 0.760. The van der Waals surface area contributed by atoms with E-state index in [9.17, 15) is 9.90 Å². The summed E-state index contributed by atoms with van der Waals surface area (Å²) in [5, 5.41) is 18.8. The van der Waals surface area contributed by atoms with Gasteiger partial charge in [0, 0.05) is 13.0 Å². The van der Waals surface area contributed by atoms with Crippen LogP contribution in [-0.4, -0.2) is 29.4 Å². The minimum absolute atomic E-state index is 0.223. The number of rotatable bonds is 2. The first-order chi connectivity index (χ1) is 7.12. The first-order valence-corrected chi connectivity index (χ1v) is 4.76. The molecule has 1 aromatic rings. The van der Waals surface area contributed by atoms with Crippen molar-refractivity contribution < 1.29 is 19.7 Å². The molecular formula is C11H12O4. The number of carbonyl (C=O) groups is 1. The smallest absolute Gasteiger partial charge is 0.335 e. The highest BCUT2D eigenvalue weighted by Gasteiger charge is 2.33. The van der Waals surface area contributed by atoms with Gasteiger partial charge in [0.1, 0.15) is 5.60 Å². The van der Waals surface area contributed by atoms with E-state index in [1.807, 2.05) is 0 Å². The molecule has 1 atom stereocenters. The summed E-state index contributed by atoms with van der Waals surface area (Å²) < 4.78 is 5.13. The highest BCUT2D eigenvalue weighted by molar-refractivity contribution is 5.87. The number of benzene rings is 1. The first-order valence-electron chi connectivity index (χ1n) is 4.76. The molecule has 15 heavy (non-hydrogen) atoms. The van der Waals surface area contributed by atoms with Crippen molar-refractivity contribution in [1.29, 1.82) is 0 Å². The molecule has 0 aliphatic carbocycles. The fraction of sp³-hybridized carbons (Fsp3) is 0.364. The largest absolute Gasteiger partial charge is 0.478 e. The molecule has 0 saturated carbocycles. The zero-order chi connectivity index (χ0) is 10.9. The van der Waals surface area contributed by atoms with Gasteiger partial charge in [0.2, 0.25) is 0 Å². The first kappa shape index (κ1) is 10.1. The van der Waals surface area contributed by atoms with Crippen LogP contribution in [0, 0.1) is 0 Å². The van der Waals surface area contributed by atoms with Crippen molar-refractivity contribution in [1.82, 2.24) is 0 Å². The molecule has 1 unspecified atom stereocenters. The second-order valence-electron chi connectivity index (χ2n) is 3.72. The number of aromatic carboxylic acids is 1. The molecule has 80 valence electrons. The van der Waals surface area contributed by atoms with Gasteiger partial charge in [0.05, 0.1) is 12.2 Å². The van der Waals surface area contributed by atoms with Gasteiger partial charge in [-0.25, -0.2) is 4.79 Å². The van der Waals surface area contributed by atoms with Crippen LogP contribution in [0.25, 0.3) is 0 Å². The lowest BCUT2D eigenvalue weighted by molar-refractivity contribution is 0.0231. The summed E-state index contributed by atoms with van der Waals surface area (Å²) in [6.07, 6.45) is 0.555. The second-order valence-corrected chi connectivity index (χ2v) is 3.72. The lowest BCUT2D eigenvalue weighted by Gasteiger charge is -2.20. The molecule has 1 aliphatic rings. The Bertz CT molecular complexity index is 363. The summed E-state index contributed by atoms with van der Waals surface area (Å²) in [6, 6.07) is 6.26. The topological polar surface area (TPSA) is 66.8 Å². The van der Waals surface area contributed by atoms with Crippen LogP contribution >= 0.6 is 0 Å². The summed E-state index contributed by atoms with van der Waals surface area (Å²) in [6.45, 7) is 0.816.